The molecule has 24 heavy (non-hydrogen) atoms. The van der Waals surface area contributed by atoms with Gasteiger partial charge in [0, 0.05) is 13.6 Å². The lowest BCUT2D eigenvalue weighted by atomic mass is 10.0. The molecule has 134 valence electrons. The number of likely N-dealkylation sites (N-methyl/N-ethyl adjacent to an activating group) is 1. The molecular weight excluding hydrogens is 306 g/mol. The fourth-order valence-corrected chi connectivity index (χ4v) is 2.47. The molecule has 1 aromatic carbocycles. The van der Waals surface area contributed by atoms with Crippen molar-refractivity contribution in [2.45, 2.75) is 37.8 Å². The van der Waals surface area contributed by atoms with Gasteiger partial charge >= 0.3 is 0 Å². The quantitative estimate of drug-likeness (QED) is 0.268. The van der Waals surface area contributed by atoms with Gasteiger partial charge in [-0.1, -0.05) is 30.3 Å². The van der Waals surface area contributed by atoms with Crippen molar-refractivity contribution in [2.75, 3.05) is 20.2 Å². The molecule has 0 aliphatic carbocycles. The lowest BCUT2D eigenvalue weighted by Crippen LogP contribution is -2.48. The molecule has 0 unspecified atom stereocenters. The van der Waals surface area contributed by atoms with Gasteiger partial charge in [0.2, 0.25) is 5.91 Å². The van der Waals surface area contributed by atoms with E-state index in [-0.39, 0.29) is 24.5 Å². The number of aliphatic hydroxyl groups excluding tert-OH is 1. The fourth-order valence-electron chi connectivity index (χ4n) is 2.47. The summed E-state index contributed by atoms with van der Waals surface area (Å²) in [5.41, 5.74) is 17.7. The van der Waals surface area contributed by atoms with Crippen molar-refractivity contribution in [3.05, 3.63) is 35.9 Å². The second-order valence-electron chi connectivity index (χ2n) is 5.87. The second-order valence-corrected chi connectivity index (χ2v) is 5.87. The first-order chi connectivity index (χ1) is 11.5. The Balaban J connectivity index is 2.45. The van der Waals surface area contributed by atoms with Gasteiger partial charge in [-0.15, -0.1) is 0 Å². The monoisotopic (exact) mass is 335 g/mol. The van der Waals surface area contributed by atoms with E-state index in [1.165, 1.54) is 4.90 Å². The number of carbonyl (C=O) groups excluding carboxylic acids is 1. The summed E-state index contributed by atoms with van der Waals surface area (Å²) in [7, 11) is 1.67. The Labute approximate surface area is 143 Å². The normalized spacial score (nSPS) is 13.1. The number of aliphatic imine (C=N–C) groups is 1. The van der Waals surface area contributed by atoms with Crippen molar-refractivity contribution in [2.24, 2.45) is 22.2 Å². The molecule has 0 aromatic heterocycles. The van der Waals surface area contributed by atoms with Crippen LogP contribution in [0, 0.1) is 0 Å². The SMILES string of the molecule is CN(C(=O)[C@@H](N)CCc1ccccc1)[C@H](CO)CCCN=C(N)N. The van der Waals surface area contributed by atoms with E-state index in [1.54, 1.807) is 7.05 Å². The maximum absolute atomic E-state index is 12.4. The van der Waals surface area contributed by atoms with Crippen molar-refractivity contribution in [3.8, 4) is 0 Å². The average Bonchev–Trinajstić information content (AvgIpc) is 2.59. The zero-order valence-electron chi connectivity index (χ0n) is 14.3. The third kappa shape index (κ3) is 6.97. The number of guanidine groups is 1. The lowest BCUT2D eigenvalue weighted by Gasteiger charge is -2.29. The van der Waals surface area contributed by atoms with Crippen LogP contribution in [0.5, 0.6) is 0 Å². The molecular formula is C17H29N5O2. The molecule has 7 heteroatoms. The molecule has 2 atom stereocenters. The van der Waals surface area contributed by atoms with Crippen LogP contribution in [0.2, 0.25) is 0 Å². The first kappa shape index (κ1) is 19.9. The van der Waals surface area contributed by atoms with E-state index >= 15 is 0 Å². The molecule has 0 aliphatic heterocycles. The topological polar surface area (TPSA) is 131 Å². The van der Waals surface area contributed by atoms with Crippen LogP contribution in [0.15, 0.2) is 35.3 Å². The van der Waals surface area contributed by atoms with Crippen LogP contribution in [-0.2, 0) is 11.2 Å². The van der Waals surface area contributed by atoms with E-state index < -0.39 is 6.04 Å². The van der Waals surface area contributed by atoms with E-state index in [0.717, 1.165) is 12.0 Å². The van der Waals surface area contributed by atoms with Crippen LogP contribution in [0.4, 0.5) is 0 Å². The first-order valence-corrected chi connectivity index (χ1v) is 8.18. The molecule has 7 nitrogen and oxygen atoms in total. The number of amides is 1. The van der Waals surface area contributed by atoms with Gasteiger partial charge in [-0.3, -0.25) is 9.79 Å². The largest absolute Gasteiger partial charge is 0.394 e. The molecule has 0 bridgehead atoms. The molecule has 0 aliphatic rings. The van der Waals surface area contributed by atoms with Crippen molar-refractivity contribution in [1.82, 2.24) is 4.90 Å². The van der Waals surface area contributed by atoms with Crippen molar-refractivity contribution >= 4 is 11.9 Å². The van der Waals surface area contributed by atoms with Gasteiger partial charge < -0.3 is 27.2 Å². The lowest BCUT2D eigenvalue weighted by molar-refractivity contribution is -0.134. The summed E-state index contributed by atoms with van der Waals surface area (Å²) in [4.78, 5) is 17.9. The summed E-state index contributed by atoms with van der Waals surface area (Å²) in [5, 5.41) is 9.52. The Morgan fingerprint density at radius 1 is 1.25 bits per heavy atom. The second kappa shape index (κ2) is 10.6. The molecule has 0 spiro atoms. The molecule has 1 aromatic rings. The minimum atomic E-state index is -0.582. The number of nitrogens with two attached hydrogens (primary N) is 3. The van der Waals surface area contributed by atoms with Crippen molar-refractivity contribution < 1.29 is 9.90 Å². The van der Waals surface area contributed by atoms with Crippen LogP contribution in [0.3, 0.4) is 0 Å². The first-order valence-electron chi connectivity index (χ1n) is 8.18. The highest BCUT2D eigenvalue weighted by Crippen LogP contribution is 2.10. The number of hydrogen-bond donors (Lipinski definition) is 4. The Morgan fingerprint density at radius 2 is 1.92 bits per heavy atom. The third-order valence-corrected chi connectivity index (χ3v) is 4.00. The molecule has 0 fully saturated rings. The maximum Gasteiger partial charge on any atom is 0.239 e. The summed E-state index contributed by atoms with van der Waals surface area (Å²) in [6.07, 6.45) is 2.61. The summed E-state index contributed by atoms with van der Waals surface area (Å²) < 4.78 is 0. The Morgan fingerprint density at radius 3 is 2.50 bits per heavy atom. The van der Waals surface area contributed by atoms with E-state index in [9.17, 15) is 9.90 Å². The standard InChI is InChI=1S/C17H29N5O2/c1-22(14(12-23)8-5-11-21-17(19)20)16(24)15(18)10-9-13-6-3-2-4-7-13/h2-4,6-7,14-15,23H,5,8-12,18H2,1H3,(H4,19,20,21)/t14-,15-/m0/s1. The van der Waals surface area contributed by atoms with Gasteiger partial charge in [0.25, 0.3) is 0 Å². The van der Waals surface area contributed by atoms with Gasteiger partial charge in [0.1, 0.15) is 0 Å². The van der Waals surface area contributed by atoms with Gasteiger partial charge in [0.05, 0.1) is 18.7 Å². The van der Waals surface area contributed by atoms with E-state index in [0.29, 0.717) is 25.8 Å². The summed E-state index contributed by atoms with van der Waals surface area (Å²) in [5.74, 6) is -0.116. The minimum Gasteiger partial charge on any atom is -0.394 e. The Hall–Kier alpha value is -2.12. The zero-order valence-corrected chi connectivity index (χ0v) is 14.3. The summed E-state index contributed by atoms with van der Waals surface area (Å²) in [6.45, 7) is 0.358. The number of nitrogens with zero attached hydrogens (tertiary/aromatic N) is 2. The van der Waals surface area contributed by atoms with E-state index in [2.05, 4.69) is 4.99 Å². The van der Waals surface area contributed by atoms with Gasteiger partial charge in [-0.05, 0) is 31.2 Å². The summed E-state index contributed by atoms with van der Waals surface area (Å²) >= 11 is 0. The molecule has 1 rings (SSSR count). The molecule has 0 saturated carbocycles. The van der Waals surface area contributed by atoms with Crippen molar-refractivity contribution in [1.29, 1.82) is 0 Å². The summed E-state index contributed by atoms with van der Waals surface area (Å²) in [6, 6.07) is 9.05. The highest BCUT2D eigenvalue weighted by atomic mass is 16.3. The Kier molecular flexibility index (Phi) is 8.81. The number of rotatable bonds is 10. The fraction of sp³-hybridized carbons (Fsp3) is 0.529. The van der Waals surface area contributed by atoms with Crippen LogP contribution in [0.1, 0.15) is 24.8 Å². The van der Waals surface area contributed by atoms with Crippen LogP contribution in [0.25, 0.3) is 0 Å². The van der Waals surface area contributed by atoms with Crippen LogP contribution in [-0.4, -0.2) is 54.2 Å². The van der Waals surface area contributed by atoms with Gasteiger partial charge in [-0.25, -0.2) is 0 Å². The average molecular weight is 335 g/mol. The minimum absolute atomic E-state index is 0.0444. The highest BCUT2D eigenvalue weighted by molar-refractivity contribution is 5.81. The predicted molar refractivity (Wildman–Crippen MR) is 96.3 cm³/mol. The highest BCUT2D eigenvalue weighted by Gasteiger charge is 2.23. The number of hydrogen-bond acceptors (Lipinski definition) is 4. The zero-order chi connectivity index (χ0) is 17.9. The van der Waals surface area contributed by atoms with Crippen molar-refractivity contribution in [3.63, 3.8) is 0 Å². The molecule has 1 amide bonds. The third-order valence-electron chi connectivity index (χ3n) is 4.00. The molecule has 0 heterocycles. The van der Waals surface area contributed by atoms with Gasteiger partial charge in [0.15, 0.2) is 5.96 Å². The number of carbonyl (C=O) groups is 1. The van der Waals surface area contributed by atoms with Crippen LogP contribution < -0.4 is 17.2 Å². The van der Waals surface area contributed by atoms with Gasteiger partial charge in [-0.2, -0.15) is 0 Å². The predicted octanol–water partition coefficient (Wildman–Crippen LogP) is -0.181. The maximum atomic E-state index is 12.4. The molecule has 7 N–H and O–H groups in total. The van der Waals surface area contributed by atoms with E-state index in [4.69, 9.17) is 17.2 Å². The molecule has 0 saturated heterocycles. The number of benzene rings is 1. The molecule has 0 radical (unpaired) electrons. The van der Waals surface area contributed by atoms with Crippen LogP contribution >= 0.6 is 0 Å². The number of aryl methyl sites for hydroxylation is 1. The smallest absolute Gasteiger partial charge is 0.239 e. The van der Waals surface area contributed by atoms with E-state index in [1.807, 2.05) is 30.3 Å². The Bertz CT molecular complexity index is 517. The number of aliphatic hydroxyl groups is 1.